The fraction of sp³-hybridized carbons (Fsp3) is 0.423. The molecule has 4 rings (SSSR count). The van der Waals surface area contributed by atoms with Crippen molar-refractivity contribution < 1.29 is 28.2 Å². The molecule has 3 amide bonds. The van der Waals surface area contributed by atoms with Crippen molar-refractivity contribution in [1.82, 2.24) is 15.1 Å². The van der Waals surface area contributed by atoms with E-state index in [1.165, 1.54) is 25.2 Å². The molecule has 0 spiro atoms. The first-order chi connectivity index (χ1) is 17.9. The summed E-state index contributed by atoms with van der Waals surface area (Å²) in [4.78, 5) is 44.2. The molecule has 11 heteroatoms. The summed E-state index contributed by atoms with van der Waals surface area (Å²) in [6.07, 6.45) is -0.195. The lowest BCUT2D eigenvalue weighted by Gasteiger charge is -2.39. The minimum Gasteiger partial charge on any atom is -0.497 e. The summed E-state index contributed by atoms with van der Waals surface area (Å²) in [5.74, 6) is -0.283. The molecule has 1 atom stereocenters. The summed E-state index contributed by atoms with van der Waals surface area (Å²) < 4.78 is 24.6. The van der Waals surface area contributed by atoms with E-state index in [1.807, 2.05) is 9.80 Å². The van der Waals surface area contributed by atoms with Gasteiger partial charge in [-0.3, -0.25) is 19.3 Å². The van der Waals surface area contributed by atoms with Crippen LogP contribution in [0.4, 0.5) is 15.8 Å². The van der Waals surface area contributed by atoms with E-state index in [4.69, 9.17) is 9.47 Å². The summed E-state index contributed by atoms with van der Waals surface area (Å²) in [5, 5.41) is 5.51. The van der Waals surface area contributed by atoms with Crippen LogP contribution in [0.3, 0.4) is 0 Å². The number of hydrogen-bond acceptors (Lipinski definition) is 7. The van der Waals surface area contributed by atoms with Crippen LogP contribution in [0.15, 0.2) is 42.5 Å². The number of para-hydroxylation sites is 1. The highest BCUT2D eigenvalue weighted by atomic mass is 19.1. The van der Waals surface area contributed by atoms with Crippen molar-refractivity contribution in [2.45, 2.75) is 12.5 Å². The van der Waals surface area contributed by atoms with E-state index in [9.17, 15) is 18.8 Å². The molecule has 2 aliphatic rings. The number of piperazine rings is 2. The number of halogens is 1. The van der Waals surface area contributed by atoms with E-state index in [0.29, 0.717) is 62.1 Å². The van der Waals surface area contributed by atoms with Gasteiger partial charge in [0.1, 0.15) is 23.4 Å². The lowest BCUT2D eigenvalue weighted by Crippen LogP contribution is -2.60. The maximum atomic E-state index is 14.1. The number of carbonyl (C=O) groups is 3. The van der Waals surface area contributed by atoms with Crippen LogP contribution in [0.2, 0.25) is 0 Å². The first-order valence-corrected chi connectivity index (χ1v) is 12.2. The zero-order valence-corrected chi connectivity index (χ0v) is 21.0. The molecule has 0 aromatic heterocycles. The first-order valence-electron chi connectivity index (χ1n) is 12.2. The van der Waals surface area contributed by atoms with Crippen molar-refractivity contribution in [3.63, 3.8) is 0 Å². The van der Waals surface area contributed by atoms with Crippen LogP contribution in [0.25, 0.3) is 0 Å². The van der Waals surface area contributed by atoms with E-state index in [0.717, 1.165) is 0 Å². The minimum absolute atomic E-state index is 0.125. The third-order valence-electron chi connectivity index (χ3n) is 6.63. The van der Waals surface area contributed by atoms with Gasteiger partial charge < -0.3 is 29.9 Å². The lowest BCUT2D eigenvalue weighted by molar-refractivity contribution is -0.145. The van der Waals surface area contributed by atoms with E-state index in [1.54, 1.807) is 36.4 Å². The van der Waals surface area contributed by atoms with Crippen LogP contribution in [0.5, 0.6) is 11.5 Å². The quantitative estimate of drug-likeness (QED) is 0.549. The fourth-order valence-electron chi connectivity index (χ4n) is 4.64. The summed E-state index contributed by atoms with van der Waals surface area (Å²) in [7, 11) is 3.01. The molecule has 2 aromatic rings. The zero-order chi connectivity index (χ0) is 26.4. The lowest BCUT2D eigenvalue weighted by atomic mass is 10.1. The summed E-state index contributed by atoms with van der Waals surface area (Å²) in [6, 6.07) is 10.7. The monoisotopic (exact) mass is 513 g/mol. The van der Waals surface area contributed by atoms with Crippen molar-refractivity contribution >= 4 is 29.1 Å². The molecule has 2 aromatic carbocycles. The maximum absolute atomic E-state index is 14.1. The molecule has 2 heterocycles. The van der Waals surface area contributed by atoms with Crippen molar-refractivity contribution in [3.05, 3.63) is 48.3 Å². The number of amides is 3. The van der Waals surface area contributed by atoms with Gasteiger partial charge in [0.2, 0.25) is 17.7 Å². The number of nitrogens with zero attached hydrogens (tertiary/aromatic N) is 3. The van der Waals surface area contributed by atoms with Crippen LogP contribution in [0.1, 0.15) is 6.42 Å². The highest BCUT2D eigenvalue weighted by Crippen LogP contribution is 2.29. The molecule has 2 aliphatic heterocycles. The van der Waals surface area contributed by atoms with Crippen LogP contribution in [0, 0.1) is 5.82 Å². The molecule has 10 nitrogen and oxygen atoms in total. The molecule has 0 bridgehead atoms. The zero-order valence-electron chi connectivity index (χ0n) is 21.0. The molecule has 1 unspecified atom stereocenters. The Kier molecular flexibility index (Phi) is 8.44. The van der Waals surface area contributed by atoms with Gasteiger partial charge in [-0.15, -0.1) is 0 Å². The average molecular weight is 514 g/mol. The maximum Gasteiger partial charge on any atom is 0.243 e. The van der Waals surface area contributed by atoms with Crippen LogP contribution in [-0.4, -0.2) is 93.6 Å². The van der Waals surface area contributed by atoms with Gasteiger partial charge in [-0.1, -0.05) is 12.1 Å². The Morgan fingerprint density at radius 2 is 1.81 bits per heavy atom. The number of rotatable bonds is 8. The normalized spacial score (nSPS) is 18.2. The topological polar surface area (TPSA) is 103 Å². The largest absolute Gasteiger partial charge is 0.497 e. The molecule has 2 saturated heterocycles. The van der Waals surface area contributed by atoms with Gasteiger partial charge in [-0.25, -0.2) is 4.39 Å². The van der Waals surface area contributed by atoms with E-state index < -0.39 is 11.9 Å². The number of nitrogens with one attached hydrogen (secondary N) is 2. The molecular formula is C26H32FN5O5. The Balaban J connectivity index is 1.36. The first kappa shape index (κ1) is 26.2. The molecule has 37 heavy (non-hydrogen) atoms. The molecule has 2 fully saturated rings. The third kappa shape index (κ3) is 6.29. The van der Waals surface area contributed by atoms with Crippen molar-refractivity contribution in [2.24, 2.45) is 0 Å². The second-order valence-electron chi connectivity index (χ2n) is 8.93. The predicted octanol–water partition coefficient (Wildman–Crippen LogP) is 1.32. The molecule has 198 valence electrons. The number of carbonyl (C=O) groups excluding carboxylic acids is 3. The number of benzene rings is 2. The minimum atomic E-state index is -0.919. The van der Waals surface area contributed by atoms with Crippen LogP contribution < -0.4 is 25.0 Å². The van der Waals surface area contributed by atoms with Crippen molar-refractivity contribution in [1.29, 1.82) is 0 Å². The van der Waals surface area contributed by atoms with Crippen molar-refractivity contribution in [2.75, 3.05) is 70.2 Å². The number of hydrogen-bond donors (Lipinski definition) is 2. The summed E-state index contributed by atoms with van der Waals surface area (Å²) in [5.41, 5.74) is 0.966. The predicted molar refractivity (Wildman–Crippen MR) is 136 cm³/mol. The highest BCUT2D eigenvalue weighted by Gasteiger charge is 2.35. The van der Waals surface area contributed by atoms with E-state index >= 15 is 0 Å². The Bertz CT molecular complexity index is 1140. The van der Waals surface area contributed by atoms with Crippen LogP contribution >= 0.6 is 0 Å². The Labute approximate surface area is 215 Å². The van der Waals surface area contributed by atoms with E-state index in [2.05, 4.69) is 10.6 Å². The smallest absolute Gasteiger partial charge is 0.243 e. The van der Waals surface area contributed by atoms with E-state index in [-0.39, 0.29) is 30.6 Å². The van der Waals surface area contributed by atoms with Crippen molar-refractivity contribution in [3.8, 4) is 11.5 Å². The Hall–Kier alpha value is -3.86. The molecule has 0 aliphatic carbocycles. The molecule has 0 radical (unpaired) electrons. The number of anilines is 2. The standard InChI is InChI=1S/C26H32FN5O5/c1-36-18-7-8-23(37-2)20(15-18)29-24(33)16-22-26(35)28-9-10-32(22)25(34)17-30-11-13-31(14-12-30)21-6-4-3-5-19(21)27/h3-8,15,22H,9-14,16-17H2,1-2H3,(H,28,35)(H,29,33). The van der Waals surface area contributed by atoms with Gasteiger partial charge in [0, 0.05) is 45.3 Å². The molecular weight excluding hydrogens is 481 g/mol. The second-order valence-corrected chi connectivity index (χ2v) is 8.93. The Morgan fingerprint density at radius 3 is 2.51 bits per heavy atom. The second kappa shape index (κ2) is 11.9. The summed E-state index contributed by atoms with van der Waals surface area (Å²) in [6.45, 7) is 3.11. The number of methoxy groups -OCH3 is 2. The van der Waals surface area contributed by atoms with Gasteiger partial charge in [0.15, 0.2) is 0 Å². The van der Waals surface area contributed by atoms with Gasteiger partial charge in [0.05, 0.1) is 38.6 Å². The van der Waals surface area contributed by atoms with Crippen LogP contribution in [-0.2, 0) is 14.4 Å². The molecule has 0 saturated carbocycles. The van der Waals surface area contributed by atoms with Gasteiger partial charge >= 0.3 is 0 Å². The fourth-order valence-corrected chi connectivity index (χ4v) is 4.64. The average Bonchev–Trinajstić information content (AvgIpc) is 2.90. The van der Waals surface area contributed by atoms with Gasteiger partial charge in [0.25, 0.3) is 0 Å². The summed E-state index contributed by atoms with van der Waals surface area (Å²) >= 11 is 0. The Morgan fingerprint density at radius 1 is 1.05 bits per heavy atom. The number of ether oxygens (including phenoxy) is 2. The SMILES string of the molecule is COc1ccc(OC)c(NC(=O)CC2C(=O)NCCN2C(=O)CN2CCN(c3ccccc3F)CC2)c1. The highest BCUT2D eigenvalue weighted by molar-refractivity contribution is 5.98. The molecule has 2 N–H and O–H groups in total. The van der Waals surface area contributed by atoms with Gasteiger partial charge in [-0.05, 0) is 24.3 Å². The third-order valence-corrected chi connectivity index (χ3v) is 6.63. The van der Waals surface area contributed by atoms with Gasteiger partial charge in [-0.2, -0.15) is 0 Å².